The maximum Gasteiger partial charge on any atom is 0.316 e. The molecule has 7 nitrogen and oxygen atoms in total. The second-order valence-corrected chi connectivity index (χ2v) is 7.93. The number of amides is 1. The summed E-state index contributed by atoms with van der Waals surface area (Å²) in [6, 6.07) is 8.17. The van der Waals surface area contributed by atoms with Crippen LogP contribution in [0.25, 0.3) is 11.3 Å². The molecule has 2 aliphatic heterocycles. The van der Waals surface area contributed by atoms with E-state index in [1.807, 2.05) is 42.3 Å². The van der Waals surface area contributed by atoms with Crippen molar-refractivity contribution >= 4 is 5.91 Å². The van der Waals surface area contributed by atoms with Crippen molar-refractivity contribution in [3.05, 3.63) is 60.1 Å². The Balaban J connectivity index is 1.36. The van der Waals surface area contributed by atoms with Crippen LogP contribution in [0.1, 0.15) is 35.4 Å². The Morgan fingerprint density at radius 2 is 2.10 bits per heavy atom. The van der Waals surface area contributed by atoms with E-state index in [0.29, 0.717) is 12.3 Å². The first-order valence-electron chi connectivity index (χ1n) is 10.1. The number of carbonyl (C=O) groups is 1. The molecule has 0 aliphatic carbocycles. The molecule has 154 valence electrons. The van der Waals surface area contributed by atoms with E-state index in [9.17, 15) is 9.18 Å². The zero-order valence-electron chi connectivity index (χ0n) is 16.6. The number of H-pyrrole nitrogens is 1. The van der Waals surface area contributed by atoms with E-state index in [4.69, 9.17) is 4.74 Å². The molecule has 3 unspecified atom stereocenters. The minimum absolute atomic E-state index is 0.0312. The molecule has 2 bridgehead atoms. The quantitative estimate of drug-likeness (QED) is 0.701. The Kier molecular flexibility index (Phi) is 4.69. The molecule has 3 aromatic heterocycles. The number of aromatic amines is 1. The normalized spacial score (nSPS) is 22.5. The maximum absolute atomic E-state index is 13.6. The summed E-state index contributed by atoms with van der Waals surface area (Å²) in [5, 5.41) is 0. The van der Waals surface area contributed by atoms with Gasteiger partial charge in [-0.05, 0) is 50.5 Å². The Morgan fingerprint density at radius 3 is 2.87 bits per heavy atom. The number of fused-ring (bicyclic) bond motifs is 2. The number of aryl methyl sites for hydroxylation is 1. The fourth-order valence-electron chi connectivity index (χ4n) is 4.72. The molecular formula is C22H22FN5O2. The summed E-state index contributed by atoms with van der Waals surface area (Å²) in [5.41, 5.74) is 2.99. The van der Waals surface area contributed by atoms with Gasteiger partial charge in [0.05, 0.1) is 19.0 Å². The van der Waals surface area contributed by atoms with Crippen molar-refractivity contribution in [1.82, 2.24) is 24.8 Å². The first kappa shape index (κ1) is 18.7. The van der Waals surface area contributed by atoms with Crippen LogP contribution in [0.3, 0.4) is 0 Å². The number of pyridine rings is 1. The second-order valence-electron chi connectivity index (χ2n) is 7.93. The van der Waals surface area contributed by atoms with Crippen LogP contribution in [-0.2, 0) is 0 Å². The van der Waals surface area contributed by atoms with Crippen LogP contribution in [0.5, 0.6) is 6.01 Å². The van der Waals surface area contributed by atoms with Crippen molar-refractivity contribution in [2.24, 2.45) is 5.92 Å². The number of carbonyl (C=O) groups excluding carboxylic acids is 1. The number of ether oxygens (including phenoxy) is 1. The Morgan fingerprint density at radius 1 is 1.27 bits per heavy atom. The van der Waals surface area contributed by atoms with Crippen LogP contribution in [-0.4, -0.2) is 49.4 Å². The van der Waals surface area contributed by atoms with Gasteiger partial charge < -0.3 is 14.6 Å². The van der Waals surface area contributed by atoms with Gasteiger partial charge in [0.25, 0.3) is 5.91 Å². The van der Waals surface area contributed by atoms with Gasteiger partial charge in [0.1, 0.15) is 5.69 Å². The molecule has 0 radical (unpaired) electrons. The van der Waals surface area contributed by atoms with E-state index in [2.05, 4.69) is 19.9 Å². The zero-order valence-corrected chi connectivity index (χ0v) is 16.6. The van der Waals surface area contributed by atoms with Gasteiger partial charge in [-0.25, -0.2) is 19.3 Å². The topological polar surface area (TPSA) is 84.0 Å². The number of nitrogens with zero attached hydrogens (tertiary/aromatic N) is 4. The van der Waals surface area contributed by atoms with E-state index in [1.165, 1.54) is 0 Å². The summed E-state index contributed by atoms with van der Waals surface area (Å²) in [7, 11) is 0. The highest BCUT2D eigenvalue weighted by atomic mass is 19.1. The average Bonchev–Trinajstić information content (AvgIpc) is 3.49. The number of hydrogen-bond donors (Lipinski definition) is 1. The molecule has 2 saturated heterocycles. The maximum atomic E-state index is 13.6. The summed E-state index contributed by atoms with van der Waals surface area (Å²) in [5.74, 6) is -0.334. The number of nitrogens with one attached hydrogen (secondary N) is 1. The van der Waals surface area contributed by atoms with Crippen LogP contribution < -0.4 is 4.74 Å². The minimum Gasteiger partial charge on any atom is -0.463 e. The Hall–Kier alpha value is -3.29. The fourth-order valence-corrected chi connectivity index (χ4v) is 4.72. The van der Waals surface area contributed by atoms with Crippen LogP contribution in [0, 0.1) is 18.7 Å². The Labute approximate surface area is 173 Å². The molecule has 8 heteroatoms. The molecule has 2 fully saturated rings. The molecule has 1 N–H and O–H groups in total. The standard InChI is InChI=1S/C22H22FN5O2/c1-13-4-6-17(18-3-2-8-24-18)20(27-13)21(29)28-16-5-7-19(28)14(9-16)12-30-22-25-10-15(23)11-26-22/h2-4,6,8,10-11,14,16,19,24H,5,7,9,12H2,1H3. The van der Waals surface area contributed by atoms with Crippen molar-refractivity contribution in [1.29, 1.82) is 0 Å². The highest BCUT2D eigenvalue weighted by Crippen LogP contribution is 2.43. The average molecular weight is 407 g/mol. The molecule has 0 spiro atoms. The second kappa shape index (κ2) is 7.51. The first-order chi connectivity index (χ1) is 14.6. The summed E-state index contributed by atoms with van der Waals surface area (Å²) < 4.78 is 18.7. The van der Waals surface area contributed by atoms with Gasteiger partial charge in [0.15, 0.2) is 5.82 Å². The third-order valence-corrected chi connectivity index (χ3v) is 6.05. The lowest BCUT2D eigenvalue weighted by Crippen LogP contribution is -2.38. The predicted molar refractivity (Wildman–Crippen MR) is 107 cm³/mol. The lowest BCUT2D eigenvalue weighted by Gasteiger charge is -2.25. The number of halogens is 1. The van der Waals surface area contributed by atoms with Crippen LogP contribution in [0.4, 0.5) is 4.39 Å². The molecule has 5 heterocycles. The van der Waals surface area contributed by atoms with Crippen molar-refractivity contribution in [3.63, 3.8) is 0 Å². The molecule has 0 saturated carbocycles. The molecule has 30 heavy (non-hydrogen) atoms. The van der Waals surface area contributed by atoms with Gasteiger partial charge >= 0.3 is 6.01 Å². The molecule has 0 aromatic carbocycles. The van der Waals surface area contributed by atoms with Gasteiger partial charge in [-0.1, -0.05) is 0 Å². The van der Waals surface area contributed by atoms with Gasteiger partial charge in [0.2, 0.25) is 0 Å². The van der Waals surface area contributed by atoms with Crippen molar-refractivity contribution in [2.45, 2.75) is 38.3 Å². The number of hydrogen-bond acceptors (Lipinski definition) is 5. The van der Waals surface area contributed by atoms with Crippen LogP contribution >= 0.6 is 0 Å². The van der Waals surface area contributed by atoms with E-state index in [1.54, 1.807) is 0 Å². The van der Waals surface area contributed by atoms with Crippen molar-refractivity contribution in [2.75, 3.05) is 6.61 Å². The molecular weight excluding hydrogens is 385 g/mol. The summed E-state index contributed by atoms with van der Waals surface area (Å²) in [6.45, 7) is 2.30. The van der Waals surface area contributed by atoms with Gasteiger partial charge in [0, 0.05) is 41.1 Å². The smallest absolute Gasteiger partial charge is 0.316 e. The van der Waals surface area contributed by atoms with E-state index in [-0.39, 0.29) is 29.9 Å². The number of aromatic nitrogens is 4. The zero-order chi connectivity index (χ0) is 20.7. The van der Waals surface area contributed by atoms with Gasteiger partial charge in [-0.15, -0.1) is 0 Å². The monoisotopic (exact) mass is 407 g/mol. The van der Waals surface area contributed by atoms with Crippen LogP contribution in [0.2, 0.25) is 0 Å². The molecule has 5 rings (SSSR count). The third kappa shape index (κ3) is 3.32. The van der Waals surface area contributed by atoms with Crippen LogP contribution in [0.15, 0.2) is 42.9 Å². The lowest BCUT2D eigenvalue weighted by molar-refractivity contribution is 0.0704. The summed E-state index contributed by atoms with van der Waals surface area (Å²) in [6.07, 6.45) is 6.83. The lowest BCUT2D eigenvalue weighted by atomic mass is 9.90. The minimum atomic E-state index is -0.498. The molecule has 3 atom stereocenters. The van der Waals surface area contributed by atoms with E-state index < -0.39 is 5.82 Å². The summed E-state index contributed by atoms with van der Waals surface area (Å²) in [4.78, 5) is 31.0. The SMILES string of the molecule is Cc1ccc(-c2ccc[nH]2)c(C(=O)N2C3CCC2C(COc2ncc(F)cn2)C3)n1. The third-order valence-electron chi connectivity index (χ3n) is 6.05. The van der Waals surface area contributed by atoms with Crippen molar-refractivity contribution in [3.8, 4) is 17.3 Å². The molecule has 3 aromatic rings. The summed E-state index contributed by atoms with van der Waals surface area (Å²) >= 11 is 0. The van der Waals surface area contributed by atoms with E-state index >= 15 is 0 Å². The first-order valence-corrected chi connectivity index (χ1v) is 10.1. The largest absolute Gasteiger partial charge is 0.463 e. The van der Waals surface area contributed by atoms with E-state index in [0.717, 1.165) is 48.6 Å². The molecule has 2 aliphatic rings. The molecule has 1 amide bonds. The van der Waals surface area contributed by atoms with Crippen molar-refractivity contribution < 1.29 is 13.9 Å². The number of rotatable bonds is 5. The predicted octanol–water partition coefficient (Wildman–Crippen LogP) is 3.39. The Bertz CT molecular complexity index is 1050. The highest BCUT2D eigenvalue weighted by Gasteiger charge is 2.49. The highest BCUT2D eigenvalue weighted by molar-refractivity contribution is 5.99. The fraction of sp³-hybridized carbons (Fsp3) is 0.364. The van der Waals surface area contributed by atoms with Gasteiger partial charge in [-0.3, -0.25) is 4.79 Å². The van der Waals surface area contributed by atoms with Gasteiger partial charge in [-0.2, -0.15) is 0 Å².